The van der Waals surface area contributed by atoms with Crippen LogP contribution in [0.4, 0.5) is 0 Å². The van der Waals surface area contributed by atoms with Crippen LogP contribution in [0.15, 0.2) is 0 Å². The summed E-state index contributed by atoms with van der Waals surface area (Å²) in [5.74, 6) is 0.0371. The molecule has 4 heteroatoms. The monoisotopic (exact) mass is 338 g/mol. The van der Waals surface area contributed by atoms with E-state index in [1.54, 1.807) is 0 Å². The number of amides is 2. The Morgan fingerprint density at radius 3 is 1.83 bits per heavy atom. The highest BCUT2D eigenvalue weighted by atomic mass is 16.2. The maximum Gasteiger partial charge on any atom is 0.220 e. The molecule has 1 rings (SSSR count). The summed E-state index contributed by atoms with van der Waals surface area (Å²) in [5, 5.41) is 6.04. The third kappa shape index (κ3) is 11.5. The van der Waals surface area contributed by atoms with E-state index >= 15 is 0 Å². The second-order valence-corrected chi connectivity index (χ2v) is 7.23. The number of hydrogen-bond acceptors (Lipinski definition) is 2. The first-order chi connectivity index (χ1) is 11.7. The molecule has 0 spiro atoms. The van der Waals surface area contributed by atoms with E-state index in [4.69, 9.17) is 0 Å². The van der Waals surface area contributed by atoms with E-state index in [2.05, 4.69) is 17.6 Å². The first kappa shape index (κ1) is 21.0. The van der Waals surface area contributed by atoms with Crippen molar-refractivity contribution in [3.05, 3.63) is 0 Å². The highest BCUT2D eigenvalue weighted by Gasteiger charge is 2.13. The molecule has 0 bridgehead atoms. The van der Waals surface area contributed by atoms with E-state index in [1.165, 1.54) is 57.8 Å². The number of rotatable bonds is 7. The molecule has 0 unspecified atom stereocenters. The molecule has 140 valence electrons. The van der Waals surface area contributed by atoms with Crippen LogP contribution in [0.5, 0.6) is 0 Å². The summed E-state index contributed by atoms with van der Waals surface area (Å²) in [6, 6.07) is 0.306. The Labute approximate surface area is 148 Å². The molecule has 1 saturated carbocycles. The first-order valence-corrected chi connectivity index (χ1v) is 10.3. The molecule has 0 aromatic heterocycles. The number of carbonyl (C=O) groups excluding carboxylic acids is 2. The van der Waals surface area contributed by atoms with Crippen molar-refractivity contribution in [3.63, 3.8) is 0 Å². The Balaban J connectivity index is 2.23. The van der Waals surface area contributed by atoms with E-state index in [0.717, 1.165) is 32.2 Å². The van der Waals surface area contributed by atoms with Gasteiger partial charge in [0.1, 0.15) is 0 Å². The van der Waals surface area contributed by atoms with Crippen LogP contribution in [0.1, 0.15) is 103 Å². The fourth-order valence-corrected chi connectivity index (χ4v) is 3.33. The average Bonchev–Trinajstić information content (AvgIpc) is 2.56. The average molecular weight is 339 g/mol. The molecule has 0 heterocycles. The van der Waals surface area contributed by atoms with Crippen molar-refractivity contribution in [2.75, 3.05) is 6.54 Å². The lowest BCUT2D eigenvalue weighted by molar-refractivity contribution is -0.126. The van der Waals surface area contributed by atoms with Gasteiger partial charge in [0.05, 0.1) is 0 Å². The number of nitrogens with one attached hydrogen (secondary N) is 2. The highest BCUT2D eigenvalue weighted by Crippen LogP contribution is 2.17. The van der Waals surface area contributed by atoms with Gasteiger partial charge < -0.3 is 10.6 Å². The van der Waals surface area contributed by atoms with Crippen LogP contribution < -0.4 is 10.6 Å². The molecule has 0 aromatic rings. The molecule has 4 nitrogen and oxygen atoms in total. The summed E-state index contributed by atoms with van der Waals surface area (Å²) in [5.41, 5.74) is 0. The number of hydrogen-bond donors (Lipinski definition) is 2. The third-order valence-electron chi connectivity index (χ3n) is 4.90. The van der Waals surface area contributed by atoms with E-state index in [9.17, 15) is 9.59 Å². The summed E-state index contributed by atoms with van der Waals surface area (Å²) in [6.07, 6.45) is 16.7. The minimum atomic E-state index is -0.00251. The van der Waals surface area contributed by atoms with Gasteiger partial charge in [0.25, 0.3) is 0 Å². The van der Waals surface area contributed by atoms with Crippen LogP contribution >= 0.6 is 0 Å². The Morgan fingerprint density at radius 1 is 0.792 bits per heavy atom. The Bertz CT molecular complexity index is 333. The third-order valence-corrected chi connectivity index (χ3v) is 4.90. The second kappa shape index (κ2) is 14.3. The van der Waals surface area contributed by atoms with E-state index in [-0.39, 0.29) is 11.8 Å². The Hall–Kier alpha value is -1.06. The lowest BCUT2D eigenvalue weighted by atomic mass is 9.98. The molecular formula is C20H38N2O2. The van der Waals surface area contributed by atoms with E-state index in [0.29, 0.717) is 18.9 Å². The van der Waals surface area contributed by atoms with Gasteiger partial charge in [-0.05, 0) is 19.3 Å². The quantitative estimate of drug-likeness (QED) is 0.673. The molecule has 2 N–H and O–H groups in total. The summed E-state index contributed by atoms with van der Waals surface area (Å²) < 4.78 is 0. The van der Waals surface area contributed by atoms with E-state index in [1.807, 2.05) is 0 Å². The van der Waals surface area contributed by atoms with Crippen molar-refractivity contribution in [2.24, 2.45) is 0 Å². The van der Waals surface area contributed by atoms with Gasteiger partial charge in [-0.15, -0.1) is 0 Å². The molecular weight excluding hydrogens is 300 g/mol. The largest absolute Gasteiger partial charge is 0.356 e. The van der Waals surface area contributed by atoms with Crippen molar-refractivity contribution in [3.8, 4) is 0 Å². The summed E-state index contributed by atoms with van der Waals surface area (Å²) >= 11 is 0. The van der Waals surface area contributed by atoms with Crippen molar-refractivity contribution in [2.45, 2.75) is 109 Å². The summed E-state index contributed by atoms with van der Waals surface area (Å²) in [7, 11) is 0. The summed E-state index contributed by atoms with van der Waals surface area (Å²) in [6.45, 7) is 2.82. The second-order valence-electron chi connectivity index (χ2n) is 7.23. The normalized spacial score (nSPS) is 18.2. The predicted octanol–water partition coefficient (Wildman–Crippen LogP) is 4.47. The number of unbranched alkanes of at least 4 members (excludes halogenated alkanes) is 1. The lowest BCUT2D eigenvalue weighted by Crippen LogP contribution is -2.35. The lowest BCUT2D eigenvalue weighted by Gasteiger charge is -2.19. The zero-order valence-corrected chi connectivity index (χ0v) is 15.7. The van der Waals surface area contributed by atoms with Crippen molar-refractivity contribution >= 4 is 11.8 Å². The maximum absolute atomic E-state index is 12.1. The first-order valence-electron chi connectivity index (χ1n) is 10.3. The predicted molar refractivity (Wildman–Crippen MR) is 99.9 cm³/mol. The number of carbonyl (C=O) groups is 2. The molecule has 1 aliphatic carbocycles. The van der Waals surface area contributed by atoms with Gasteiger partial charge in [-0.3, -0.25) is 9.59 Å². The molecule has 1 fully saturated rings. The van der Waals surface area contributed by atoms with Crippen LogP contribution in [0.2, 0.25) is 0 Å². The molecule has 0 radical (unpaired) electrons. The minimum absolute atomic E-state index is 0.00251. The van der Waals surface area contributed by atoms with E-state index < -0.39 is 0 Å². The van der Waals surface area contributed by atoms with Crippen LogP contribution in [0.3, 0.4) is 0 Å². The summed E-state index contributed by atoms with van der Waals surface area (Å²) in [4.78, 5) is 23.8. The maximum atomic E-state index is 12.1. The van der Waals surface area contributed by atoms with Crippen LogP contribution in [0.25, 0.3) is 0 Å². The molecule has 24 heavy (non-hydrogen) atoms. The Morgan fingerprint density at radius 2 is 1.29 bits per heavy atom. The molecule has 0 aliphatic heterocycles. The molecule has 0 aromatic carbocycles. The zero-order valence-electron chi connectivity index (χ0n) is 15.7. The van der Waals surface area contributed by atoms with Gasteiger partial charge in [-0.2, -0.15) is 0 Å². The van der Waals surface area contributed by atoms with Gasteiger partial charge in [-0.1, -0.05) is 71.1 Å². The fraction of sp³-hybridized carbons (Fsp3) is 0.900. The van der Waals surface area contributed by atoms with Gasteiger partial charge >= 0.3 is 0 Å². The van der Waals surface area contributed by atoms with Crippen LogP contribution in [-0.4, -0.2) is 24.4 Å². The van der Waals surface area contributed by atoms with Crippen molar-refractivity contribution < 1.29 is 9.59 Å². The topological polar surface area (TPSA) is 58.2 Å². The van der Waals surface area contributed by atoms with Crippen molar-refractivity contribution in [1.82, 2.24) is 10.6 Å². The van der Waals surface area contributed by atoms with Crippen molar-refractivity contribution in [1.29, 1.82) is 0 Å². The molecule has 1 aliphatic rings. The molecule has 2 amide bonds. The smallest absolute Gasteiger partial charge is 0.220 e. The van der Waals surface area contributed by atoms with Crippen LogP contribution in [0, 0.1) is 0 Å². The standard InChI is InChI=1S/C20H38N2O2/c1-2-3-17-21-19(23)15-16-20(24)22-18-13-11-9-7-5-4-6-8-10-12-14-18/h18H,2-17H2,1H3,(H,21,23)(H,22,24). The van der Waals surface area contributed by atoms with Gasteiger partial charge in [0.2, 0.25) is 11.8 Å². The minimum Gasteiger partial charge on any atom is -0.356 e. The molecule has 0 atom stereocenters. The Kier molecular flexibility index (Phi) is 12.5. The highest BCUT2D eigenvalue weighted by molar-refractivity contribution is 5.83. The van der Waals surface area contributed by atoms with Gasteiger partial charge in [0.15, 0.2) is 0 Å². The molecule has 0 saturated heterocycles. The van der Waals surface area contributed by atoms with Crippen LogP contribution in [-0.2, 0) is 9.59 Å². The SMILES string of the molecule is CCCCNC(=O)CCC(=O)NC1CCCCCCCCCCC1. The zero-order chi connectivity index (χ0) is 17.5. The van der Waals surface area contributed by atoms with Gasteiger partial charge in [-0.25, -0.2) is 0 Å². The fourth-order valence-electron chi connectivity index (χ4n) is 3.33. The van der Waals surface area contributed by atoms with Gasteiger partial charge in [0, 0.05) is 25.4 Å².